The van der Waals surface area contributed by atoms with Gasteiger partial charge in [0.05, 0.1) is 26.6 Å². The van der Waals surface area contributed by atoms with Gasteiger partial charge in [0.25, 0.3) is 0 Å². The number of halogens is 1. The van der Waals surface area contributed by atoms with E-state index >= 15 is 0 Å². The third kappa shape index (κ3) is 3.67. The molecule has 0 N–H and O–H groups in total. The summed E-state index contributed by atoms with van der Waals surface area (Å²) in [7, 11) is 2.92. The second-order valence-corrected chi connectivity index (χ2v) is 5.42. The molecule has 1 aliphatic rings. The van der Waals surface area contributed by atoms with E-state index in [4.69, 9.17) is 21.1 Å². The summed E-state index contributed by atoms with van der Waals surface area (Å²) in [4.78, 5) is 25.5. The molecule has 0 saturated carbocycles. The molecule has 1 aromatic carbocycles. The number of nitrogens with zero attached hydrogens (tertiary/aromatic N) is 1. The molecular formula is C15H18ClNO4. The van der Waals surface area contributed by atoms with Gasteiger partial charge in [-0.1, -0.05) is 11.6 Å². The van der Waals surface area contributed by atoms with Crippen molar-refractivity contribution in [2.45, 2.75) is 12.8 Å². The molecule has 21 heavy (non-hydrogen) atoms. The van der Waals surface area contributed by atoms with Crippen molar-refractivity contribution >= 4 is 23.5 Å². The lowest BCUT2D eigenvalue weighted by Gasteiger charge is -2.17. The van der Waals surface area contributed by atoms with Crippen LogP contribution in [0.1, 0.15) is 12.0 Å². The van der Waals surface area contributed by atoms with Crippen LogP contribution in [0.2, 0.25) is 5.02 Å². The summed E-state index contributed by atoms with van der Waals surface area (Å²) >= 11 is 5.96. The number of carbonyl (C=O) groups excluding carboxylic acids is 2. The number of carbonyl (C=O) groups is 2. The van der Waals surface area contributed by atoms with Crippen molar-refractivity contribution in [3.63, 3.8) is 0 Å². The van der Waals surface area contributed by atoms with Gasteiger partial charge in [0.15, 0.2) is 0 Å². The second kappa shape index (κ2) is 6.80. The van der Waals surface area contributed by atoms with E-state index < -0.39 is 0 Å². The molecule has 0 radical (unpaired) electrons. The zero-order valence-electron chi connectivity index (χ0n) is 12.1. The van der Waals surface area contributed by atoms with Crippen molar-refractivity contribution in [1.82, 2.24) is 4.90 Å². The third-order valence-electron chi connectivity index (χ3n) is 3.66. The molecule has 1 atom stereocenters. The molecule has 5 nitrogen and oxygen atoms in total. The number of hydrogen-bond acceptors (Lipinski definition) is 4. The first kappa shape index (κ1) is 15.6. The molecule has 1 aliphatic heterocycles. The van der Waals surface area contributed by atoms with Gasteiger partial charge in [0.1, 0.15) is 5.75 Å². The van der Waals surface area contributed by atoms with Gasteiger partial charge < -0.3 is 14.4 Å². The number of methoxy groups -OCH3 is 2. The fourth-order valence-electron chi connectivity index (χ4n) is 2.51. The lowest BCUT2D eigenvalue weighted by Crippen LogP contribution is -2.31. The number of benzene rings is 1. The van der Waals surface area contributed by atoms with Crippen LogP contribution in [0.15, 0.2) is 18.2 Å². The lowest BCUT2D eigenvalue weighted by molar-refractivity contribution is -0.145. The van der Waals surface area contributed by atoms with Gasteiger partial charge in [-0.05, 0) is 24.6 Å². The van der Waals surface area contributed by atoms with E-state index in [1.165, 1.54) is 7.11 Å². The number of ether oxygens (including phenoxy) is 2. The molecule has 1 saturated heterocycles. The number of hydrogen-bond donors (Lipinski definition) is 0. The maximum atomic E-state index is 12.3. The molecule has 1 aromatic rings. The highest BCUT2D eigenvalue weighted by Gasteiger charge is 2.31. The van der Waals surface area contributed by atoms with E-state index in [0.29, 0.717) is 30.3 Å². The first-order valence-electron chi connectivity index (χ1n) is 6.73. The molecule has 1 fully saturated rings. The van der Waals surface area contributed by atoms with E-state index in [9.17, 15) is 9.59 Å². The highest BCUT2D eigenvalue weighted by Crippen LogP contribution is 2.25. The van der Waals surface area contributed by atoms with E-state index in [2.05, 4.69) is 0 Å². The van der Waals surface area contributed by atoms with Gasteiger partial charge in [0, 0.05) is 23.7 Å². The summed E-state index contributed by atoms with van der Waals surface area (Å²) in [5, 5.41) is 0.562. The van der Waals surface area contributed by atoms with Gasteiger partial charge >= 0.3 is 5.97 Å². The van der Waals surface area contributed by atoms with Crippen LogP contribution in [0, 0.1) is 5.92 Å². The standard InChI is InChI=1S/C15H18ClNO4/c1-20-13-4-3-12(16)7-11(13)8-14(18)17-6-5-10(9-17)15(19)21-2/h3-4,7,10H,5-6,8-9H2,1-2H3. The second-order valence-electron chi connectivity index (χ2n) is 4.98. The first-order chi connectivity index (χ1) is 10.0. The normalized spacial score (nSPS) is 17.7. The minimum Gasteiger partial charge on any atom is -0.496 e. The number of likely N-dealkylation sites (tertiary alicyclic amines) is 1. The molecular weight excluding hydrogens is 294 g/mol. The molecule has 114 valence electrons. The summed E-state index contributed by atoms with van der Waals surface area (Å²) in [6.07, 6.45) is 0.850. The zero-order chi connectivity index (χ0) is 15.4. The minimum absolute atomic E-state index is 0.0398. The van der Waals surface area contributed by atoms with Crippen molar-refractivity contribution in [1.29, 1.82) is 0 Å². The van der Waals surface area contributed by atoms with Crippen LogP contribution in [0.5, 0.6) is 5.75 Å². The first-order valence-corrected chi connectivity index (χ1v) is 7.11. The fraction of sp³-hybridized carbons (Fsp3) is 0.467. The van der Waals surface area contributed by atoms with Gasteiger partial charge in [-0.15, -0.1) is 0 Å². The van der Waals surface area contributed by atoms with Crippen LogP contribution < -0.4 is 4.74 Å². The van der Waals surface area contributed by atoms with Crippen molar-refractivity contribution in [2.24, 2.45) is 5.92 Å². The van der Waals surface area contributed by atoms with Crippen LogP contribution >= 0.6 is 11.6 Å². The molecule has 0 aromatic heterocycles. The number of esters is 1. The van der Waals surface area contributed by atoms with Crippen LogP contribution in [0.3, 0.4) is 0 Å². The number of amides is 1. The Labute approximate surface area is 128 Å². The van der Waals surface area contributed by atoms with Gasteiger partial charge in [-0.3, -0.25) is 9.59 Å². The van der Waals surface area contributed by atoms with Crippen LogP contribution in [0.4, 0.5) is 0 Å². The van der Waals surface area contributed by atoms with Crippen molar-refractivity contribution in [2.75, 3.05) is 27.3 Å². The SMILES string of the molecule is COC(=O)C1CCN(C(=O)Cc2cc(Cl)ccc2OC)C1. The third-order valence-corrected chi connectivity index (χ3v) is 3.89. The lowest BCUT2D eigenvalue weighted by atomic mass is 10.1. The van der Waals surface area contributed by atoms with Crippen molar-refractivity contribution < 1.29 is 19.1 Å². The van der Waals surface area contributed by atoms with Crippen molar-refractivity contribution in [3.05, 3.63) is 28.8 Å². The van der Waals surface area contributed by atoms with Crippen molar-refractivity contribution in [3.8, 4) is 5.75 Å². The monoisotopic (exact) mass is 311 g/mol. The topological polar surface area (TPSA) is 55.8 Å². The Balaban J connectivity index is 2.03. The smallest absolute Gasteiger partial charge is 0.310 e. The quantitative estimate of drug-likeness (QED) is 0.797. The summed E-state index contributed by atoms with van der Waals surface area (Å²) in [5.41, 5.74) is 0.747. The Morgan fingerprint density at radius 2 is 2.14 bits per heavy atom. The Kier molecular flexibility index (Phi) is 5.07. The van der Waals surface area contributed by atoms with Gasteiger partial charge in [-0.25, -0.2) is 0 Å². The molecule has 6 heteroatoms. The highest BCUT2D eigenvalue weighted by molar-refractivity contribution is 6.30. The minimum atomic E-state index is -0.259. The summed E-state index contributed by atoms with van der Waals surface area (Å²) in [6.45, 7) is 0.982. The Morgan fingerprint density at radius 3 is 2.81 bits per heavy atom. The van der Waals surface area contributed by atoms with E-state index in [1.807, 2.05) is 0 Å². The predicted molar refractivity (Wildman–Crippen MR) is 78.4 cm³/mol. The maximum Gasteiger partial charge on any atom is 0.310 e. The fourth-order valence-corrected chi connectivity index (χ4v) is 2.70. The summed E-state index contributed by atoms with van der Waals surface area (Å²) < 4.78 is 9.96. The average molecular weight is 312 g/mol. The predicted octanol–water partition coefficient (Wildman–Crippen LogP) is 1.91. The van der Waals surface area contributed by atoms with Gasteiger partial charge in [-0.2, -0.15) is 0 Å². The molecule has 0 bridgehead atoms. The highest BCUT2D eigenvalue weighted by atomic mass is 35.5. The van der Waals surface area contributed by atoms with E-state index in [0.717, 1.165) is 5.56 Å². The number of rotatable bonds is 4. The van der Waals surface area contributed by atoms with Crippen LogP contribution in [-0.4, -0.2) is 44.1 Å². The summed E-state index contributed by atoms with van der Waals surface area (Å²) in [5.74, 6) is 0.115. The largest absolute Gasteiger partial charge is 0.496 e. The Bertz CT molecular complexity index is 546. The average Bonchev–Trinajstić information content (AvgIpc) is 2.96. The Hall–Kier alpha value is -1.75. The Morgan fingerprint density at radius 1 is 1.38 bits per heavy atom. The van der Waals surface area contributed by atoms with Crippen LogP contribution in [0.25, 0.3) is 0 Å². The molecule has 1 heterocycles. The van der Waals surface area contributed by atoms with Crippen LogP contribution in [-0.2, 0) is 20.7 Å². The molecule has 0 aliphatic carbocycles. The zero-order valence-corrected chi connectivity index (χ0v) is 12.9. The summed E-state index contributed by atoms with van der Waals surface area (Å²) in [6, 6.07) is 5.19. The van der Waals surface area contributed by atoms with E-state index in [1.54, 1.807) is 30.2 Å². The van der Waals surface area contributed by atoms with E-state index in [-0.39, 0.29) is 24.2 Å². The van der Waals surface area contributed by atoms with Gasteiger partial charge in [0.2, 0.25) is 5.91 Å². The molecule has 1 unspecified atom stereocenters. The molecule has 0 spiro atoms. The molecule has 2 rings (SSSR count). The maximum absolute atomic E-state index is 12.3. The molecule has 1 amide bonds.